The van der Waals surface area contributed by atoms with Crippen molar-refractivity contribution in [3.05, 3.63) is 70.1 Å². The van der Waals surface area contributed by atoms with Gasteiger partial charge in [-0.25, -0.2) is 9.67 Å². The first-order valence-corrected chi connectivity index (χ1v) is 10.1. The van der Waals surface area contributed by atoms with Crippen LogP contribution >= 0.6 is 11.6 Å². The van der Waals surface area contributed by atoms with Crippen LogP contribution in [0.15, 0.2) is 42.5 Å². The topological polar surface area (TPSA) is 63.1 Å². The first-order chi connectivity index (χ1) is 13.9. The number of hydrogen-bond acceptors (Lipinski definition) is 4. The van der Waals surface area contributed by atoms with E-state index in [9.17, 15) is 4.79 Å². The molecule has 0 aliphatic heterocycles. The summed E-state index contributed by atoms with van der Waals surface area (Å²) in [4.78, 5) is 19.6. The number of benzene rings is 1. The zero-order chi connectivity index (χ0) is 21.0. The smallest absolute Gasteiger partial charge is 0.275 e. The second-order valence-corrected chi connectivity index (χ2v) is 7.36. The van der Waals surface area contributed by atoms with Crippen LogP contribution in [0.25, 0.3) is 5.82 Å². The number of carbonyl (C=O) groups is 1. The van der Waals surface area contributed by atoms with Crippen molar-refractivity contribution in [2.75, 3.05) is 18.4 Å². The number of nitrogens with one attached hydrogen (secondary N) is 1. The van der Waals surface area contributed by atoms with E-state index in [0.717, 1.165) is 36.6 Å². The lowest BCUT2D eigenvalue weighted by Crippen LogP contribution is -2.22. The van der Waals surface area contributed by atoms with Crippen molar-refractivity contribution in [1.82, 2.24) is 19.7 Å². The third-order valence-electron chi connectivity index (χ3n) is 4.76. The molecule has 0 unspecified atom stereocenters. The monoisotopic (exact) mass is 411 g/mol. The fourth-order valence-corrected chi connectivity index (χ4v) is 3.40. The van der Waals surface area contributed by atoms with E-state index in [1.165, 1.54) is 0 Å². The van der Waals surface area contributed by atoms with Gasteiger partial charge >= 0.3 is 0 Å². The van der Waals surface area contributed by atoms with Crippen LogP contribution in [-0.4, -0.2) is 38.7 Å². The summed E-state index contributed by atoms with van der Waals surface area (Å²) in [5, 5.41) is 7.64. The van der Waals surface area contributed by atoms with E-state index in [4.69, 9.17) is 11.6 Å². The molecule has 7 heteroatoms. The van der Waals surface area contributed by atoms with Gasteiger partial charge in [-0.1, -0.05) is 37.6 Å². The molecule has 1 N–H and O–H groups in total. The van der Waals surface area contributed by atoms with Crippen molar-refractivity contribution >= 4 is 23.2 Å². The molecular formula is C22H26ClN5O. The number of halogens is 1. The highest BCUT2D eigenvalue weighted by Crippen LogP contribution is 2.20. The zero-order valence-corrected chi connectivity index (χ0v) is 18.0. The molecule has 0 saturated heterocycles. The van der Waals surface area contributed by atoms with Gasteiger partial charge in [0.1, 0.15) is 5.69 Å². The van der Waals surface area contributed by atoms with Crippen LogP contribution < -0.4 is 5.32 Å². The number of nitrogens with zero attached hydrogens (tertiary/aromatic N) is 4. The molecule has 0 saturated carbocycles. The SMILES string of the molecule is CCN(CC)Cc1cccc(NC(=O)c2nc(-n3nc(C)cc3C)ccc2Cl)c1. The second-order valence-electron chi connectivity index (χ2n) is 6.95. The quantitative estimate of drug-likeness (QED) is 0.615. The average Bonchev–Trinajstić information content (AvgIpc) is 3.04. The molecule has 6 nitrogen and oxygen atoms in total. The lowest BCUT2D eigenvalue weighted by atomic mass is 10.2. The standard InChI is InChI=1S/C22H26ClN5O/c1-5-27(6-2)14-17-8-7-9-18(13-17)24-22(29)21-19(23)10-11-20(25-21)28-16(4)12-15(3)26-28/h7-13H,5-6,14H2,1-4H3,(H,24,29). The first-order valence-electron chi connectivity index (χ1n) is 9.74. The third-order valence-corrected chi connectivity index (χ3v) is 5.06. The molecule has 0 radical (unpaired) electrons. The zero-order valence-electron chi connectivity index (χ0n) is 17.2. The molecule has 0 aliphatic rings. The predicted molar refractivity (Wildman–Crippen MR) is 117 cm³/mol. The molecule has 2 heterocycles. The molecular weight excluding hydrogens is 386 g/mol. The third kappa shape index (κ3) is 5.02. The van der Waals surface area contributed by atoms with Gasteiger partial charge in [0.05, 0.1) is 10.7 Å². The molecule has 0 fully saturated rings. The van der Waals surface area contributed by atoms with E-state index in [1.54, 1.807) is 16.8 Å². The van der Waals surface area contributed by atoms with E-state index in [1.807, 2.05) is 38.1 Å². The summed E-state index contributed by atoms with van der Waals surface area (Å²) in [6.45, 7) is 10.9. The Hall–Kier alpha value is -2.70. The summed E-state index contributed by atoms with van der Waals surface area (Å²) in [6.07, 6.45) is 0. The minimum atomic E-state index is -0.349. The Morgan fingerprint density at radius 2 is 1.90 bits per heavy atom. The second kappa shape index (κ2) is 9.20. The number of carbonyl (C=O) groups excluding carboxylic acids is 1. The number of anilines is 1. The van der Waals surface area contributed by atoms with Crippen molar-refractivity contribution in [2.45, 2.75) is 34.2 Å². The molecule has 29 heavy (non-hydrogen) atoms. The van der Waals surface area contributed by atoms with Gasteiger partial charge in [-0.3, -0.25) is 9.69 Å². The lowest BCUT2D eigenvalue weighted by Gasteiger charge is -2.18. The molecule has 1 amide bonds. The van der Waals surface area contributed by atoms with E-state index in [0.29, 0.717) is 16.5 Å². The first kappa shape index (κ1) is 21.0. The number of aromatic nitrogens is 3. The highest BCUT2D eigenvalue weighted by Gasteiger charge is 2.16. The van der Waals surface area contributed by atoms with Gasteiger partial charge in [-0.15, -0.1) is 0 Å². The normalized spacial score (nSPS) is 11.1. The Bertz CT molecular complexity index is 1010. The van der Waals surface area contributed by atoms with Crippen molar-refractivity contribution in [1.29, 1.82) is 0 Å². The van der Waals surface area contributed by atoms with Crippen LogP contribution in [0.1, 0.15) is 41.3 Å². The Labute approximate surface area is 176 Å². The van der Waals surface area contributed by atoms with Gasteiger partial charge in [0.25, 0.3) is 5.91 Å². The molecule has 0 spiro atoms. The predicted octanol–water partition coefficient (Wildman–Crippen LogP) is 4.63. The summed E-state index contributed by atoms with van der Waals surface area (Å²) in [5.74, 6) is 0.207. The lowest BCUT2D eigenvalue weighted by molar-refractivity contribution is 0.102. The summed E-state index contributed by atoms with van der Waals surface area (Å²) < 4.78 is 1.70. The van der Waals surface area contributed by atoms with Crippen LogP contribution in [0.2, 0.25) is 5.02 Å². The Kier molecular flexibility index (Phi) is 6.67. The number of pyridine rings is 1. The summed E-state index contributed by atoms with van der Waals surface area (Å²) >= 11 is 6.27. The molecule has 0 bridgehead atoms. The minimum Gasteiger partial charge on any atom is -0.321 e. The van der Waals surface area contributed by atoms with Crippen LogP contribution in [0.4, 0.5) is 5.69 Å². The number of aryl methyl sites for hydroxylation is 2. The fraction of sp³-hybridized carbons (Fsp3) is 0.318. The van der Waals surface area contributed by atoms with Crippen LogP contribution in [-0.2, 0) is 6.54 Å². The van der Waals surface area contributed by atoms with E-state index >= 15 is 0 Å². The molecule has 0 atom stereocenters. The van der Waals surface area contributed by atoms with E-state index in [2.05, 4.69) is 40.2 Å². The highest BCUT2D eigenvalue weighted by atomic mass is 35.5. The number of hydrogen-bond donors (Lipinski definition) is 1. The Morgan fingerprint density at radius 1 is 1.14 bits per heavy atom. The maximum Gasteiger partial charge on any atom is 0.275 e. The van der Waals surface area contributed by atoms with Gasteiger partial charge in [-0.2, -0.15) is 5.10 Å². The molecule has 1 aromatic carbocycles. The van der Waals surface area contributed by atoms with Crippen molar-refractivity contribution < 1.29 is 4.79 Å². The maximum atomic E-state index is 12.9. The van der Waals surface area contributed by atoms with Crippen molar-refractivity contribution in [2.24, 2.45) is 0 Å². The fourth-order valence-electron chi connectivity index (χ4n) is 3.21. The highest BCUT2D eigenvalue weighted by molar-refractivity contribution is 6.34. The number of rotatable bonds is 7. The van der Waals surface area contributed by atoms with Gasteiger partial charge in [0.2, 0.25) is 0 Å². The molecule has 152 valence electrons. The van der Waals surface area contributed by atoms with Gasteiger partial charge in [0, 0.05) is 17.9 Å². The van der Waals surface area contributed by atoms with Crippen LogP contribution in [0.3, 0.4) is 0 Å². The van der Waals surface area contributed by atoms with Crippen LogP contribution in [0, 0.1) is 13.8 Å². The summed E-state index contributed by atoms with van der Waals surface area (Å²) in [7, 11) is 0. The minimum absolute atomic E-state index is 0.172. The maximum absolute atomic E-state index is 12.9. The summed E-state index contributed by atoms with van der Waals surface area (Å²) in [5.41, 5.74) is 3.85. The Balaban J connectivity index is 1.82. The summed E-state index contributed by atoms with van der Waals surface area (Å²) in [6, 6.07) is 13.2. The van der Waals surface area contributed by atoms with Gasteiger partial charge in [-0.05, 0) is 62.8 Å². The molecule has 0 aliphatic carbocycles. The van der Waals surface area contributed by atoms with Gasteiger partial charge < -0.3 is 5.32 Å². The molecule has 2 aromatic heterocycles. The van der Waals surface area contributed by atoms with E-state index < -0.39 is 0 Å². The molecule has 3 aromatic rings. The van der Waals surface area contributed by atoms with Gasteiger partial charge in [0.15, 0.2) is 5.82 Å². The van der Waals surface area contributed by atoms with Crippen LogP contribution in [0.5, 0.6) is 0 Å². The molecule has 3 rings (SSSR count). The van der Waals surface area contributed by atoms with E-state index in [-0.39, 0.29) is 11.6 Å². The largest absolute Gasteiger partial charge is 0.321 e. The van der Waals surface area contributed by atoms with Crippen molar-refractivity contribution in [3.63, 3.8) is 0 Å². The average molecular weight is 412 g/mol. The Morgan fingerprint density at radius 3 is 2.55 bits per heavy atom. The van der Waals surface area contributed by atoms with Crippen molar-refractivity contribution in [3.8, 4) is 5.82 Å². The number of amides is 1.